The van der Waals surface area contributed by atoms with Crippen molar-refractivity contribution in [1.29, 1.82) is 0 Å². The molecule has 2 unspecified atom stereocenters. The van der Waals surface area contributed by atoms with E-state index in [-0.39, 0.29) is 25.7 Å². The first-order valence-corrected chi connectivity index (χ1v) is 45.1. The Kier molecular flexibility index (Phi) is 72.5. The van der Waals surface area contributed by atoms with E-state index in [0.717, 1.165) is 102 Å². The molecule has 0 aromatic rings. The number of esters is 4. The first-order valence-electron chi connectivity index (χ1n) is 42.1. The molecule has 3 N–H and O–H groups in total. The number of phosphoric ester groups is 2. The van der Waals surface area contributed by atoms with Crippen LogP contribution in [0.2, 0.25) is 0 Å². The van der Waals surface area contributed by atoms with Crippen LogP contribution >= 0.6 is 15.6 Å². The molecular weight excluding hydrogens is 1310 g/mol. The van der Waals surface area contributed by atoms with E-state index in [2.05, 4.69) is 34.6 Å². The zero-order valence-corrected chi connectivity index (χ0v) is 67.1. The van der Waals surface area contributed by atoms with Crippen LogP contribution in [0.15, 0.2) is 0 Å². The minimum atomic E-state index is -4.96. The summed E-state index contributed by atoms with van der Waals surface area (Å²) in [7, 11) is -9.91. The van der Waals surface area contributed by atoms with Crippen molar-refractivity contribution in [2.75, 3.05) is 39.6 Å². The van der Waals surface area contributed by atoms with Gasteiger partial charge < -0.3 is 33.8 Å². The average molecular weight is 1470 g/mol. The van der Waals surface area contributed by atoms with Crippen molar-refractivity contribution in [1.82, 2.24) is 0 Å². The van der Waals surface area contributed by atoms with Crippen LogP contribution in [0.1, 0.15) is 433 Å². The second-order valence-corrected chi connectivity index (χ2v) is 32.5. The van der Waals surface area contributed by atoms with Gasteiger partial charge in [0.2, 0.25) is 0 Å². The van der Waals surface area contributed by atoms with E-state index < -0.39 is 97.5 Å². The molecule has 0 rings (SSSR count). The first-order chi connectivity index (χ1) is 48.5. The van der Waals surface area contributed by atoms with Crippen molar-refractivity contribution < 1.29 is 80.2 Å². The van der Waals surface area contributed by atoms with Crippen molar-refractivity contribution in [3.63, 3.8) is 0 Å². The zero-order valence-electron chi connectivity index (χ0n) is 65.3. The molecule has 100 heavy (non-hydrogen) atoms. The van der Waals surface area contributed by atoms with Gasteiger partial charge in [-0.15, -0.1) is 0 Å². The quantitative estimate of drug-likeness (QED) is 0.0222. The molecule has 0 radical (unpaired) electrons. The normalized spacial score (nSPS) is 13.8. The molecule has 19 heteroatoms. The van der Waals surface area contributed by atoms with Crippen molar-refractivity contribution in [3.8, 4) is 0 Å². The maximum atomic E-state index is 13.1. The second kappa shape index (κ2) is 73.9. The van der Waals surface area contributed by atoms with Crippen LogP contribution < -0.4 is 0 Å². The highest BCUT2D eigenvalue weighted by Crippen LogP contribution is 2.45. The summed E-state index contributed by atoms with van der Waals surface area (Å²) in [6.45, 7) is 7.33. The van der Waals surface area contributed by atoms with Gasteiger partial charge in [-0.25, -0.2) is 9.13 Å². The van der Waals surface area contributed by atoms with Crippen LogP contribution in [0.3, 0.4) is 0 Å². The number of phosphoric acid groups is 2. The highest BCUT2D eigenvalue weighted by Gasteiger charge is 2.30. The van der Waals surface area contributed by atoms with Crippen molar-refractivity contribution in [2.24, 2.45) is 5.92 Å². The highest BCUT2D eigenvalue weighted by atomic mass is 31.2. The SMILES string of the molecule is CCCCCCCCCCCCCCCCCCCCCCC(=O)O[C@H](COC(=O)CCCCCCCCCCCCCCCCCCC(C)C)COP(=O)(O)OC[C@@H](O)COP(=O)(O)OC[C@@H](COC(=O)CCCCCCCCCC)OC(=O)CCCCCCCCCCCCCCC. The minimum absolute atomic E-state index is 0.108. The molecule has 0 fully saturated rings. The molecule has 0 aliphatic heterocycles. The Morgan fingerprint density at radius 1 is 0.270 bits per heavy atom. The van der Waals surface area contributed by atoms with E-state index >= 15 is 0 Å². The summed E-state index contributed by atoms with van der Waals surface area (Å²) in [5, 5.41) is 10.6. The molecule has 0 saturated carbocycles. The number of unbranched alkanes of at least 4 members (excludes halogenated alkanes) is 53. The van der Waals surface area contributed by atoms with Crippen LogP contribution in [-0.2, 0) is 65.4 Å². The number of carbonyl (C=O) groups is 4. The molecule has 5 atom stereocenters. The molecule has 0 aromatic heterocycles. The van der Waals surface area contributed by atoms with E-state index in [1.54, 1.807) is 0 Å². The van der Waals surface area contributed by atoms with Crippen LogP contribution in [0.25, 0.3) is 0 Å². The van der Waals surface area contributed by atoms with Gasteiger partial charge >= 0.3 is 39.5 Å². The smallest absolute Gasteiger partial charge is 0.462 e. The summed E-state index contributed by atoms with van der Waals surface area (Å²) in [4.78, 5) is 72.9. The molecule has 0 aromatic carbocycles. The van der Waals surface area contributed by atoms with Crippen LogP contribution in [0.5, 0.6) is 0 Å². The summed E-state index contributed by atoms with van der Waals surface area (Å²) in [6, 6.07) is 0. The summed E-state index contributed by atoms with van der Waals surface area (Å²) in [5.74, 6) is -1.30. The van der Waals surface area contributed by atoms with Gasteiger partial charge in [-0.1, -0.05) is 381 Å². The van der Waals surface area contributed by atoms with Gasteiger partial charge in [-0.05, 0) is 31.6 Å². The molecule has 594 valence electrons. The predicted octanol–water partition coefficient (Wildman–Crippen LogP) is 24.4. The van der Waals surface area contributed by atoms with Crippen LogP contribution in [0, 0.1) is 5.92 Å². The van der Waals surface area contributed by atoms with Gasteiger partial charge in [0.1, 0.15) is 19.3 Å². The number of aliphatic hydroxyl groups excluding tert-OH is 1. The maximum absolute atomic E-state index is 13.1. The Balaban J connectivity index is 5.19. The Morgan fingerprint density at radius 3 is 0.680 bits per heavy atom. The monoisotopic (exact) mass is 1470 g/mol. The Labute approximate surface area is 613 Å². The van der Waals surface area contributed by atoms with E-state index in [1.807, 2.05) is 0 Å². The lowest BCUT2D eigenvalue weighted by molar-refractivity contribution is -0.161. The fraction of sp³-hybridized carbons (Fsp3) is 0.951. The molecule has 0 amide bonds. The van der Waals surface area contributed by atoms with E-state index in [4.69, 9.17) is 37.0 Å². The first kappa shape index (κ1) is 98.1. The van der Waals surface area contributed by atoms with Gasteiger partial charge in [0.25, 0.3) is 0 Å². The summed E-state index contributed by atoms with van der Waals surface area (Å²) in [5.41, 5.74) is 0. The highest BCUT2D eigenvalue weighted by molar-refractivity contribution is 7.47. The predicted molar refractivity (Wildman–Crippen MR) is 409 cm³/mol. The lowest BCUT2D eigenvalue weighted by Crippen LogP contribution is -2.30. The minimum Gasteiger partial charge on any atom is -0.462 e. The van der Waals surface area contributed by atoms with Crippen LogP contribution in [-0.4, -0.2) is 96.7 Å². The zero-order chi connectivity index (χ0) is 73.4. The topological polar surface area (TPSA) is 237 Å². The molecule has 0 aliphatic carbocycles. The number of hydrogen-bond acceptors (Lipinski definition) is 15. The lowest BCUT2D eigenvalue weighted by Gasteiger charge is -2.21. The third kappa shape index (κ3) is 74.3. The Bertz CT molecular complexity index is 1910. The van der Waals surface area contributed by atoms with E-state index in [0.29, 0.717) is 25.7 Å². The lowest BCUT2D eigenvalue weighted by atomic mass is 10.0. The second-order valence-electron chi connectivity index (χ2n) is 29.6. The molecule has 17 nitrogen and oxygen atoms in total. The fourth-order valence-electron chi connectivity index (χ4n) is 12.6. The molecular formula is C81H158O17P2. The number of carbonyl (C=O) groups excluding carboxylic acids is 4. The Morgan fingerprint density at radius 2 is 0.460 bits per heavy atom. The summed E-state index contributed by atoms with van der Waals surface area (Å²) < 4.78 is 68.6. The molecule has 0 heterocycles. The fourth-order valence-corrected chi connectivity index (χ4v) is 14.2. The third-order valence-corrected chi connectivity index (χ3v) is 20.9. The van der Waals surface area contributed by atoms with Gasteiger partial charge in [-0.3, -0.25) is 37.3 Å². The van der Waals surface area contributed by atoms with Crippen molar-refractivity contribution in [3.05, 3.63) is 0 Å². The molecule has 0 aliphatic rings. The van der Waals surface area contributed by atoms with Gasteiger partial charge in [0.15, 0.2) is 12.2 Å². The van der Waals surface area contributed by atoms with Gasteiger partial charge in [-0.2, -0.15) is 0 Å². The number of hydrogen-bond donors (Lipinski definition) is 3. The van der Waals surface area contributed by atoms with Crippen molar-refractivity contribution in [2.45, 2.75) is 451 Å². The summed E-state index contributed by atoms with van der Waals surface area (Å²) in [6.07, 6.45) is 65.3. The van der Waals surface area contributed by atoms with Crippen LogP contribution in [0.4, 0.5) is 0 Å². The molecule has 0 bridgehead atoms. The number of ether oxygens (including phenoxy) is 4. The summed E-state index contributed by atoms with van der Waals surface area (Å²) >= 11 is 0. The third-order valence-electron chi connectivity index (χ3n) is 19.0. The largest absolute Gasteiger partial charge is 0.472 e. The van der Waals surface area contributed by atoms with Gasteiger partial charge in [0.05, 0.1) is 26.4 Å². The number of rotatable bonds is 81. The van der Waals surface area contributed by atoms with Gasteiger partial charge in [0, 0.05) is 25.7 Å². The Hall–Kier alpha value is -1.94. The maximum Gasteiger partial charge on any atom is 0.472 e. The van der Waals surface area contributed by atoms with E-state index in [1.165, 1.54) is 250 Å². The molecule has 0 saturated heterocycles. The average Bonchev–Trinajstić information content (AvgIpc) is 0.928. The van der Waals surface area contributed by atoms with E-state index in [9.17, 15) is 43.2 Å². The number of aliphatic hydroxyl groups is 1. The standard InChI is InChI=1S/C81H158O17P2/c1-6-9-12-15-18-21-23-25-26-27-28-29-30-35-39-43-47-52-57-62-67-81(86)98-77(71-92-79(84)65-60-55-50-45-41-38-34-32-31-33-37-40-44-48-53-58-63-74(4)5)73-96-100(89,90)94-69-75(82)68-93-99(87,88)95-72-76(70-91-78(83)64-59-54-49-20-17-14-11-8-3)97-80(85)66-61-56-51-46-42-36-24-22-19-16-13-10-7-2/h74-77,82H,6-73H2,1-5H3,(H,87,88)(H,89,90)/t75-,76+,77+/m0/s1. The van der Waals surface area contributed by atoms with Crippen molar-refractivity contribution >= 4 is 39.5 Å². The molecule has 0 spiro atoms.